The Morgan fingerprint density at radius 3 is 2.50 bits per heavy atom. The normalized spacial score (nSPS) is 11.1. The molecule has 0 unspecified atom stereocenters. The minimum Gasteiger partial charge on any atom is -0.452 e. The molecule has 3 amide bonds. The molecule has 156 valence electrons. The van der Waals surface area contributed by atoms with Crippen molar-refractivity contribution in [1.29, 1.82) is 0 Å². The zero-order valence-corrected chi connectivity index (χ0v) is 17.1. The first kappa shape index (κ1) is 23.6. The lowest BCUT2D eigenvalue weighted by Crippen LogP contribution is -2.42. The molecule has 1 rings (SSSR count). The molecule has 0 aliphatic heterocycles. The quantitative estimate of drug-likeness (QED) is 0.497. The van der Waals surface area contributed by atoms with E-state index in [1.807, 2.05) is 26.1 Å². The summed E-state index contributed by atoms with van der Waals surface area (Å²) >= 11 is 0. The van der Waals surface area contributed by atoms with Crippen LogP contribution in [-0.4, -0.2) is 46.0 Å². The van der Waals surface area contributed by atoms with Gasteiger partial charge in [0.05, 0.1) is 10.5 Å². The lowest BCUT2D eigenvalue weighted by molar-refractivity contribution is -0.123. The van der Waals surface area contributed by atoms with Gasteiger partial charge in [0, 0.05) is 13.1 Å². The Hall–Kier alpha value is -2.46. The van der Waals surface area contributed by atoms with Gasteiger partial charge >= 0.3 is 12.0 Å². The van der Waals surface area contributed by atoms with Crippen molar-refractivity contribution in [3.05, 3.63) is 29.8 Å². The molecular weight excluding hydrogens is 386 g/mol. The number of esters is 1. The lowest BCUT2D eigenvalue weighted by atomic mass is 10.1. The average molecular weight is 413 g/mol. The van der Waals surface area contributed by atoms with Crippen LogP contribution < -0.4 is 15.4 Å². The number of amides is 3. The number of sulfonamides is 1. The molecule has 0 fully saturated rings. The summed E-state index contributed by atoms with van der Waals surface area (Å²) in [4.78, 5) is 35.2. The minimum absolute atomic E-state index is 0.0199. The van der Waals surface area contributed by atoms with E-state index in [0.29, 0.717) is 18.9 Å². The van der Waals surface area contributed by atoms with Gasteiger partial charge in [0.2, 0.25) is 10.0 Å². The fraction of sp³-hybridized carbons (Fsp3) is 0.500. The fourth-order valence-electron chi connectivity index (χ4n) is 2.01. The van der Waals surface area contributed by atoms with Crippen molar-refractivity contribution in [1.82, 2.24) is 15.4 Å². The molecule has 0 aliphatic rings. The molecule has 0 saturated heterocycles. The summed E-state index contributed by atoms with van der Waals surface area (Å²) in [6, 6.07) is 4.62. The molecule has 3 N–H and O–H groups in total. The molecule has 0 atom stereocenters. The molecule has 0 radical (unpaired) electrons. The third-order valence-electron chi connectivity index (χ3n) is 3.52. The number of hydrogen-bond acceptors (Lipinski definition) is 6. The third kappa shape index (κ3) is 8.49. The van der Waals surface area contributed by atoms with Crippen molar-refractivity contribution in [2.24, 2.45) is 5.92 Å². The number of carbonyl (C=O) groups excluding carboxylic acids is 3. The Labute approximate surface area is 165 Å². The summed E-state index contributed by atoms with van der Waals surface area (Å²) < 4.78 is 31.5. The summed E-state index contributed by atoms with van der Waals surface area (Å²) in [6.07, 6.45) is 1.39. The monoisotopic (exact) mass is 413 g/mol. The number of carbonyl (C=O) groups is 3. The molecule has 1 aromatic carbocycles. The van der Waals surface area contributed by atoms with E-state index in [-0.39, 0.29) is 17.0 Å². The van der Waals surface area contributed by atoms with Crippen LogP contribution in [-0.2, 0) is 19.6 Å². The van der Waals surface area contributed by atoms with Crippen LogP contribution in [0.15, 0.2) is 29.2 Å². The SMILES string of the molecule is CCCNS(=O)(=O)c1cccc(C(=O)OCC(=O)NC(=O)NCCC(C)C)c1. The van der Waals surface area contributed by atoms with Crippen molar-refractivity contribution in [2.45, 2.75) is 38.5 Å². The number of urea groups is 1. The van der Waals surface area contributed by atoms with Gasteiger partial charge in [-0.3, -0.25) is 10.1 Å². The van der Waals surface area contributed by atoms with Crippen LogP contribution in [0.25, 0.3) is 0 Å². The number of imide groups is 1. The second kappa shape index (κ2) is 11.4. The number of benzene rings is 1. The van der Waals surface area contributed by atoms with Gasteiger partial charge in [0.1, 0.15) is 0 Å². The topological polar surface area (TPSA) is 131 Å². The number of rotatable bonds is 10. The first-order valence-electron chi connectivity index (χ1n) is 9.00. The molecule has 0 spiro atoms. The van der Waals surface area contributed by atoms with Gasteiger partial charge in [0.25, 0.3) is 5.91 Å². The Bertz CT molecular complexity index is 792. The first-order chi connectivity index (χ1) is 13.2. The Balaban J connectivity index is 2.56. The molecule has 1 aromatic rings. The summed E-state index contributed by atoms with van der Waals surface area (Å²) in [5, 5.41) is 4.57. The highest BCUT2D eigenvalue weighted by molar-refractivity contribution is 7.89. The van der Waals surface area contributed by atoms with Crippen molar-refractivity contribution in [3.63, 3.8) is 0 Å². The minimum atomic E-state index is -3.73. The Morgan fingerprint density at radius 1 is 1.14 bits per heavy atom. The smallest absolute Gasteiger partial charge is 0.338 e. The molecule has 0 bridgehead atoms. The molecule has 0 aromatic heterocycles. The first-order valence-corrected chi connectivity index (χ1v) is 10.5. The van der Waals surface area contributed by atoms with Gasteiger partial charge in [-0.1, -0.05) is 26.8 Å². The van der Waals surface area contributed by atoms with Crippen molar-refractivity contribution in [2.75, 3.05) is 19.7 Å². The van der Waals surface area contributed by atoms with Crippen LogP contribution in [0.2, 0.25) is 0 Å². The highest BCUT2D eigenvalue weighted by atomic mass is 32.2. The maximum Gasteiger partial charge on any atom is 0.338 e. The van der Waals surface area contributed by atoms with E-state index in [0.717, 1.165) is 12.5 Å². The van der Waals surface area contributed by atoms with E-state index < -0.39 is 34.5 Å². The van der Waals surface area contributed by atoms with Crippen LogP contribution in [0.5, 0.6) is 0 Å². The van der Waals surface area contributed by atoms with Crippen LogP contribution in [0.3, 0.4) is 0 Å². The highest BCUT2D eigenvalue weighted by Gasteiger charge is 2.17. The largest absolute Gasteiger partial charge is 0.452 e. The van der Waals surface area contributed by atoms with Crippen LogP contribution >= 0.6 is 0 Å². The van der Waals surface area contributed by atoms with Gasteiger partial charge in [-0.2, -0.15) is 0 Å². The van der Waals surface area contributed by atoms with E-state index in [1.165, 1.54) is 18.2 Å². The number of nitrogens with one attached hydrogen (secondary N) is 3. The predicted molar refractivity (Wildman–Crippen MR) is 103 cm³/mol. The maximum absolute atomic E-state index is 12.1. The van der Waals surface area contributed by atoms with Gasteiger partial charge in [-0.05, 0) is 37.0 Å². The summed E-state index contributed by atoms with van der Waals surface area (Å²) in [5.74, 6) is -1.25. The molecule has 9 nitrogen and oxygen atoms in total. The maximum atomic E-state index is 12.1. The number of hydrogen-bond donors (Lipinski definition) is 3. The summed E-state index contributed by atoms with van der Waals surface area (Å²) in [7, 11) is -3.73. The predicted octanol–water partition coefficient (Wildman–Crippen LogP) is 1.40. The molecular formula is C18H27N3O6S. The second-order valence-corrected chi connectivity index (χ2v) is 8.26. The Morgan fingerprint density at radius 2 is 1.86 bits per heavy atom. The van der Waals surface area contributed by atoms with Gasteiger partial charge < -0.3 is 10.1 Å². The van der Waals surface area contributed by atoms with E-state index in [2.05, 4.69) is 10.0 Å². The van der Waals surface area contributed by atoms with Crippen molar-refractivity contribution >= 4 is 27.9 Å². The van der Waals surface area contributed by atoms with Gasteiger partial charge in [-0.15, -0.1) is 0 Å². The lowest BCUT2D eigenvalue weighted by Gasteiger charge is -2.09. The van der Waals surface area contributed by atoms with E-state index in [9.17, 15) is 22.8 Å². The highest BCUT2D eigenvalue weighted by Crippen LogP contribution is 2.12. The van der Waals surface area contributed by atoms with Crippen LogP contribution in [0.1, 0.15) is 44.0 Å². The molecule has 0 saturated carbocycles. The van der Waals surface area contributed by atoms with Crippen molar-refractivity contribution < 1.29 is 27.5 Å². The second-order valence-electron chi connectivity index (χ2n) is 6.49. The zero-order chi connectivity index (χ0) is 21.2. The Kier molecular flexibility index (Phi) is 9.60. The van der Waals surface area contributed by atoms with Crippen LogP contribution in [0, 0.1) is 5.92 Å². The van der Waals surface area contributed by atoms with Gasteiger partial charge in [0.15, 0.2) is 6.61 Å². The molecule has 28 heavy (non-hydrogen) atoms. The zero-order valence-electron chi connectivity index (χ0n) is 16.3. The molecule has 10 heteroatoms. The third-order valence-corrected chi connectivity index (χ3v) is 4.98. The van der Waals surface area contributed by atoms with Gasteiger partial charge in [-0.25, -0.2) is 22.7 Å². The average Bonchev–Trinajstić information content (AvgIpc) is 2.64. The van der Waals surface area contributed by atoms with E-state index in [1.54, 1.807) is 0 Å². The summed E-state index contributed by atoms with van der Waals surface area (Å²) in [6.45, 7) is 5.86. The summed E-state index contributed by atoms with van der Waals surface area (Å²) in [5.41, 5.74) is -0.0199. The van der Waals surface area contributed by atoms with Crippen molar-refractivity contribution in [3.8, 4) is 0 Å². The van der Waals surface area contributed by atoms with E-state index >= 15 is 0 Å². The standard InChI is InChI=1S/C18H27N3O6S/c1-4-9-20-28(25,26)15-7-5-6-14(11-15)17(23)27-12-16(22)21-18(24)19-10-8-13(2)3/h5-7,11,13,20H,4,8-10,12H2,1-3H3,(H2,19,21,22,24). The molecule has 0 aliphatic carbocycles. The van der Waals surface area contributed by atoms with Crippen LogP contribution in [0.4, 0.5) is 4.79 Å². The fourth-order valence-corrected chi connectivity index (χ4v) is 3.19. The number of ether oxygens (including phenoxy) is 1. The van der Waals surface area contributed by atoms with E-state index in [4.69, 9.17) is 4.74 Å². The molecule has 0 heterocycles.